The van der Waals surface area contributed by atoms with Crippen LogP contribution in [0.5, 0.6) is 0 Å². The van der Waals surface area contributed by atoms with Gasteiger partial charge in [-0.2, -0.15) is 0 Å². The zero-order valence-electron chi connectivity index (χ0n) is 9.86. The molecule has 1 saturated heterocycles. The van der Waals surface area contributed by atoms with Crippen LogP contribution in [0.25, 0.3) is 10.8 Å². The van der Waals surface area contributed by atoms with Crippen molar-refractivity contribution in [1.82, 2.24) is 10.6 Å². The fraction of sp³-hybridized carbons (Fsp3) is 0.143. The van der Waals surface area contributed by atoms with Crippen LogP contribution in [0.15, 0.2) is 42.5 Å². The third-order valence-corrected chi connectivity index (χ3v) is 3.58. The third-order valence-electron chi connectivity index (χ3n) is 3.37. The summed E-state index contributed by atoms with van der Waals surface area (Å²) in [4.78, 5) is 12.1. The molecule has 0 bridgehead atoms. The monoisotopic (exact) mass is 256 g/mol. The number of benzene rings is 2. The fourth-order valence-electron chi connectivity index (χ4n) is 2.39. The van der Waals surface area contributed by atoms with E-state index < -0.39 is 5.54 Å². The van der Waals surface area contributed by atoms with Crippen LogP contribution < -0.4 is 10.6 Å². The lowest BCUT2D eigenvalue weighted by Gasteiger charge is -2.23. The second-order valence-corrected chi connectivity index (χ2v) is 4.97. The second kappa shape index (κ2) is 3.78. The maximum Gasteiger partial charge on any atom is 0.256 e. The normalized spacial score (nSPS) is 22.9. The van der Waals surface area contributed by atoms with E-state index in [-0.39, 0.29) is 5.91 Å². The van der Waals surface area contributed by atoms with Gasteiger partial charge in [0.25, 0.3) is 5.91 Å². The van der Waals surface area contributed by atoms with Gasteiger partial charge in [0.1, 0.15) is 5.54 Å². The van der Waals surface area contributed by atoms with Crippen LogP contribution >= 0.6 is 12.2 Å². The molecule has 2 aromatic rings. The Kier molecular flexibility index (Phi) is 2.35. The number of amides is 1. The van der Waals surface area contributed by atoms with E-state index >= 15 is 0 Å². The molecule has 0 saturated carbocycles. The lowest BCUT2D eigenvalue weighted by atomic mass is 9.88. The molecule has 0 aromatic heterocycles. The molecule has 1 amide bonds. The summed E-state index contributed by atoms with van der Waals surface area (Å²) in [5, 5.41) is 8.27. The van der Waals surface area contributed by atoms with Crippen molar-refractivity contribution >= 4 is 34.0 Å². The quantitative estimate of drug-likeness (QED) is 0.767. The summed E-state index contributed by atoms with van der Waals surface area (Å²) < 4.78 is 0. The first kappa shape index (κ1) is 11.2. The van der Waals surface area contributed by atoms with E-state index in [1.54, 1.807) is 0 Å². The second-order valence-electron chi connectivity index (χ2n) is 4.56. The van der Waals surface area contributed by atoms with E-state index in [1.165, 1.54) is 0 Å². The van der Waals surface area contributed by atoms with Crippen molar-refractivity contribution in [2.24, 2.45) is 0 Å². The molecule has 1 atom stereocenters. The van der Waals surface area contributed by atoms with E-state index in [2.05, 4.69) is 10.6 Å². The molecule has 0 radical (unpaired) electrons. The first-order valence-corrected chi connectivity index (χ1v) is 6.14. The number of thiocarbonyl (C=S) groups is 1. The molecule has 0 aliphatic carbocycles. The minimum Gasteiger partial charge on any atom is -0.345 e. The van der Waals surface area contributed by atoms with Gasteiger partial charge in [-0.15, -0.1) is 0 Å². The molecule has 1 heterocycles. The van der Waals surface area contributed by atoms with Gasteiger partial charge in [0.05, 0.1) is 0 Å². The molecule has 2 aromatic carbocycles. The summed E-state index contributed by atoms with van der Waals surface area (Å²) in [5.74, 6) is -0.108. The number of hydrogen-bond acceptors (Lipinski definition) is 2. The first-order chi connectivity index (χ1) is 8.61. The van der Waals surface area contributed by atoms with E-state index in [9.17, 15) is 4.79 Å². The Balaban J connectivity index is 2.26. The zero-order valence-corrected chi connectivity index (χ0v) is 10.7. The molecule has 3 nitrogen and oxygen atoms in total. The average molecular weight is 256 g/mol. The average Bonchev–Trinajstić information content (AvgIpc) is 2.63. The number of nitrogens with one attached hydrogen (secondary N) is 2. The van der Waals surface area contributed by atoms with E-state index in [0.717, 1.165) is 16.3 Å². The van der Waals surface area contributed by atoms with E-state index in [1.807, 2.05) is 49.4 Å². The predicted octanol–water partition coefficient (Wildman–Crippen LogP) is 2.06. The van der Waals surface area contributed by atoms with Crippen molar-refractivity contribution in [3.63, 3.8) is 0 Å². The van der Waals surface area contributed by atoms with Gasteiger partial charge in [-0.1, -0.05) is 42.5 Å². The maximum atomic E-state index is 12.1. The summed E-state index contributed by atoms with van der Waals surface area (Å²) in [6.45, 7) is 1.85. The standard InChI is InChI=1S/C14H12N2OS/c1-14(12(17)15-13(18)16-14)11-8-4-6-9-5-2-3-7-10(9)11/h2-8H,1H3,(H2,15,16,17,18). The number of rotatable bonds is 1. The van der Waals surface area contributed by atoms with Crippen molar-refractivity contribution in [2.45, 2.75) is 12.5 Å². The first-order valence-electron chi connectivity index (χ1n) is 5.73. The van der Waals surface area contributed by atoms with Gasteiger partial charge in [-0.05, 0) is 35.5 Å². The van der Waals surface area contributed by atoms with Crippen LogP contribution in [-0.4, -0.2) is 11.0 Å². The predicted molar refractivity (Wildman–Crippen MR) is 75.2 cm³/mol. The van der Waals surface area contributed by atoms with Gasteiger partial charge < -0.3 is 10.6 Å². The molecule has 0 spiro atoms. The van der Waals surface area contributed by atoms with Crippen LogP contribution in [0.1, 0.15) is 12.5 Å². The van der Waals surface area contributed by atoms with Gasteiger partial charge in [0.2, 0.25) is 0 Å². The molecular formula is C14H12N2OS. The molecular weight excluding hydrogens is 244 g/mol. The zero-order chi connectivity index (χ0) is 12.8. The molecule has 1 unspecified atom stereocenters. The van der Waals surface area contributed by atoms with Gasteiger partial charge >= 0.3 is 0 Å². The summed E-state index contributed by atoms with van der Waals surface area (Å²) >= 11 is 5.02. The van der Waals surface area contributed by atoms with Crippen LogP contribution in [0, 0.1) is 0 Å². The summed E-state index contributed by atoms with van der Waals surface area (Å²) in [6, 6.07) is 14.0. The highest BCUT2D eigenvalue weighted by Crippen LogP contribution is 2.30. The summed E-state index contributed by atoms with van der Waals surface area (Å²) in [7, 11) is 0. The third kappa shape index (κ3) is 1.49. The van der Waals surface area contributed by atoms with Crippen molar-refractivity contribution in [3.05, 3.63) is 48.0 Å². The van der Waals surface area contributed by atoms with E-state index in [0.29, 0.717) is 5.11 Å². The van der Waals surface area contributed by atoms with Crippen molar-refractivity contribution in [1.29, 1.82) is 0 Å². The van der Waals surface area contributed by atoms with Crippen LogP contribution in [0.3, 0.4) is 0 Å². The smallest absolute Gasteiger partial charge is 0.256 e. The van der Waals surface area contributed by atoms with Crippen LogP contribution in [0.4, 0.5) is 0 Å². The molecule has 2 N–H and O–H groups in total. The van der Waals surface area contributed by atoms with Gasteiger partial charge in [-0.25, -0.2) is 0 Å². The molecule has 4 heteroatoms. The summed E-state index contributed by atoms with van der Waals surface area (Å²) in [6.07, 6.45) is 0. The Morgan fingerprint density at radius 3 is 2.56 bits per heavy atom. The number of carbonyl (C=O) groups is 1. The van der Waals surface area contributed by atoms with Crippen molar-refractivity contribution in [2.75, 3.05) is 0 Å². The molecule has 1 fully saturated rings. The number of fused-ring (bicyclic) bond motifs is 1. The molecule has 90 valence electrons. The lowest BCUT2D eigenvalue weighted by Crippen LogP contribution is -2.40. The minimum absolute atomic E-state index is 0.108. The molecule has 1 aliphatic heterocycles. The highest BCUT2D eigenvalue weighted by molar-refractivity contribution is 7.80. The Bertz CT molecular complexity index is 662. The summed E-state index contributed by atoms with van der Waals surface area (Å²) in [5.41, 5.74) is 0.149. The van der Waals surface area contributed by atoms with Gasteiger partial charge in [0, 0.05) is 0 Å². The molecule has 18 heavy (non-hydrogen) atoms. The molecule has 3 rings (SSSR count). The van der Waals surface area contributed by atoms with Gasteiger partial charge in [-0.3, -0.25) is 4.79 Å². The molecule has 1 aliphatic rings. The highest BCUT2D eigenvalue weighted by atomic mass is 32.1. The van der Waals surface area contributed by atoms with Crippen LogP contribution in [-0.2, 0) is 10.3 Å². The topological polar surface area (TPSA) is 41.1 Å². The van der Waals surface area contributed by atoms with Crippen molar-refractivity contribution < 1.29 is 4.79 Å². The SMILES string of the molecule is CC1(c2cccc3ccccc23)NC(=S)NC1=O. The highest BCUT2D eigenvalue weighted by Gasteiger charge is 2.42. The fourth-order valence-corrected chi connectivity index (χ4v) is 2.69. The van der Waals surface area contributed by atoms with Crippen molar-refractivity contribution in [3.8, 4) is 0 Å². The lowest BCUT2D eigenvalue weighted by molar-refractivity contribution is -0.123. The van der Waals surface area contributed by atoms with E-state index in [4.69, 9.17) is 12.2 Å². The van der Waals surface area contributed by atoms with Crippen LogP contribution in [0.2, 0.25) is 0 Å². The minimum atomic E-state index is -0.794. The Labute approximate surface area is 110 Å². The largest absolute Gasteiger partial charge is 0.345 e. The Morgan fingerprint density at radius 1 is 1.11 bits per heavy atom. The number of carbonyl (C=O) groups excluding carboxylic acids is 1. The van der Waals surface area contributed by atoms with Gasteiger partial charge in [0.15, 0.2) is 5.11 Å². The number of hydrogen-bond donors (Lipinski definition) is 2. The maximum absolute atomic E-state index is 12.1. The Hall–Kier alpha value is -1.94. The Morgan fingerprint density at radius 2 is 1.83 bits per heavy atom.